The van der Waals surface area contributed by atoms with E-state index in [0.29, 0.717) is 15.7 Å². The van der Waals surface area contributed by atoms with Gasteiger partial charge in [-0.15, -0.1) is 0 Å². The Labute approximate surface area is 265 Å². The maximum atomic E-state index is 13.7. The molecule has 5 aromatic rings. The van der Waals surface area contributed by atoms with Gasteiger partial charge in [0.05, 0.1) is 26.4 Å². The molecule has 0 amide bonds. The second-order valence-electron chi connectivity index (χ2n) is 12.5. The molecule has 0 bridgehead atoms. The lowest BCUT2D eigenvalue weighted by Crippen LogP contribution is -2.41. The summed E-state index contributed by atoms with van der Waals surface area (Å²) in [4.78, 5) is 3.13. The van der Waals surface area contributed by atoms with Crippen LogP contribution in [-0.2, 0) is 16.4 Å². The standard InChI is InChI=1S/C40H37N2O2S/c1-4-23-41-33-11-8-12-34-39(33)40(37-31-10-7-6-9-27(31)15-21-35(37)41)38-32-20-19-30(45(43,44)29-17-13-26(3)14-18-29)25-28(32)16-22-36(38)42(34)24-5-2/h6-8,10-22,25,27H,4-5,9,23-24H2,1-3H3/q+1/t27-/m1/s1. The van der Waals surface area contributed by atoms with Crippen molar-refractivity contribution in [2.45, 2.75) is 56.4 Å². The Bertz CT molecular complexity index is 2240. The van der Waals surface area contributed by atoms with Gasteiger partial charge in [0.2, 0.25) is 21.0 Å². The predicted molar refractivity (Wildman–Crippen MR) is 186 cm³/mol. The van der Waals surface area contributed by atoms with E-state index >= 15 is 0 Å². The van der Waals surface area contributed by atoms with Crippen LogP contribution in [-0.4, -0.2) is 15.0 Å². The van der Waals surface area contributed by atoms with Gasteiger partial charge in [0, 0.05) is 47.8 Å². The number of nitrogens with zero attached hydrogens (tertiary/aromatic N) is 2. The van der Waals surface area contributed by atoms with Crippen LogP contribution in [0.5, 0.6) is 0 Å². The number of aryl methyl sites for hydroxylation is 2. The Hall–Kier alpha value is -4.48. The molecule has 45 heavy (non-hydrogen) atoms. The van der Waals surface area contributed by atoms with Crippen LogP contribution >= 0.6 is 0 Å². The molecule has 0 N–H and O–H groups in total. The molecule has 4 aromatic carbocycles. The molecule has 0 saturated heterocycles. The van der Waals surface area contributed by atoms with E-state index in [9.17, 15) is 8.42 Å². The lowest BCUT2D eigenvalue weighted by molar-refractivity contribution is -0.673. The number of sulfone groups is 1. The average Bonchev–Trinajstić information content (AvgIpc) is 3.06. The van der Waals surface area contributed by atoms with E-state index in [0.717, 1.165) is 48.7 Å². The second kappa shape index (κ2) is 10.6. The molecule has 0 saturated carbocycles. The minimum Gasteiger partial charge on any atom is -0.340 e. The predicted octanol–water partition coefficient (Wildman–Crippen LogP) is 9.35. The van der Waals surface area contributed by atoms with Crippen LogP contribution in [0.25, 0.3) is 44.5 Å². The smallest absolute Gasteiger partial charge is 0.215 e. The average molecular weight is 610 g/mol. The summed E-state index contributed by atoms with van der Waals surface area (Å²) in [6, 6.07) is 23.9. The minimum absolute atomic E-state index is 0.322. The van der Waals surface area contributed by atoms with Gasteiger partial charge in [-0.1, -0.05) is 74.0 Å². The highest BCUT2D eigenvalue weighted by Gasteiger charge is 2.38. The number of pyridine rings is 1. The van der Waals surface area contributed by atoms with Gasteiger partial charge in [-0.25, -0.2) is 8.42 Å². The Morgan fingerprint density at radius 3 is 2.49 bits per heavy atom. The van der Waals surface area contributed by atoms with Crippen molar-refractivity contribution in [3.8, 4) is 11.1 Å². The Kier molecular flexibility index (Phi) is 6.58. The van der Waals surface area contributed by atoms with Gasteiger partial charge in [-0.05, 0) is 72.5 Å². The number of aromatic nitrogens is 1. The number of fused-ring (bicyclic) bond motifs is 8. The van der Waals surface area contributed by atoms with Gasteiger partial charge >= 0.3 is 0 Å². The normalized spacial score (nSPS) is 16.5. The highest BCUT2D eigenvalue weighted by molar-refractivity contribution is 7.91. The topological polar surface area (TPSA) is 41.3 Å². The van der Waals surface area contributed by atoms with E-state index in [1.807, 2.05) is 31.2 Å². The van der Waals surface area contributed by atoms with E-state index in [-0.39, 0.29) is 0 Å². The van der Waals surface area contributed by atoms with Crippen LogP contribution in [0.1, 0.15) is 49.9 Å². The molecule has 2 heterocycles. The summed E-state index contributed by atoms with van der Waals surface area (Å²) in [6.45, 7) is 8.29. The molecule has 1 aromatic heterocycles. The number of anilines is 2. The summed E-state index contributed by atoms with van der Waals surface area (Å²) in [5, 5.41) is 3.31. The molecule has 0 fully saturated rings. The summed E-state index contributed by atoms with van der Waals surface area (Å²) < 4.78 is 30.0. The molecular formula is C40H37N2O2S+. The monoisotopic (exact) mass is 609 g/mol. The molecule has 0 unspecified atom stereocenters. The molecule has 0 radical (unpaired) electrons. The van der Waals surface area contributed by atoms with Gasteiger partial charge in [0.25, 0.3) is 0 Å². The lowest BCUT2D eigenvalue weighted by atomic mass is 9.76. The molecule has 1 aliphatic heterocycles. The first-order valence-corrected chi connectivity index (χ1v) is 17.6. The number of allylic oxidation sites excluding steroid dienone is 5. The second-order valence-corrected chi connectivity index (χ2v) is 14.5. The van der Waals surface area contributed by atoms with E-state index in [2.05, 4.69) is 84.0 Å². The number of rotatable bonds is 6. The van der Waals surface area contributed by atoms with Gasteiger partial charge in [0.1, 0.15) is 6.54 Å². The molecule has 1 atom stereocenters. The maximum Gasteiger partial charge on any atom is 0.215 e. The quantitative estimate of drug-likeness (QED) is 0.180. The van der Waals surface area contributed by atoms with Gasteiger partial charge in [-0.3, -0.25) is 0 Å². The van der Waals surface area contributed by atoms with Gasteiger partial charge < -0.3 is 4.90 Å². The third-order valence-corrected chi connectivity index (χ3v) is 11.4. The van der Waals surface area contributed by atoms with Crippen LogP contribution in [0.3, 0.4) is 0 Å². The maximum absolute atomic E-state index is 13.7. The third-order valence-electron chi connectivity index (χ3n) is 9.67. The minimum atomic E-state index is -3.66. The molecular weight excluding hydrogens is 573 g/mol. The summed E-state index contributed by atoms with van der Waals surface area (Å²) in [5.74, 6) is 0.344. The highest BCUT2D eigenvalue weighted by atomic mass is 32.2. The molecule has 8 rings (SSSR count). The van der Waals surface area contributed by atoms with Crippen molar-refractivity contribution in [2.24, 2.45) is 5.92 Å². The zero-order valence-electron chi connectivity index (χ0n) is 26.0. The van der Waals surface area contributed by atoms with Gasteiger partial charge in [-0.2, -0.15) is 4.57 Å². The Morgan fingerprint density at radius 2 is 1.69 bits per heavy atom. The van der Waals surface area contributed by atoms with Crippen LogP contribution in [0.15, 0.2) is 107 Å². The van der Waals surface area contributed by atoms with Crippen molar-refractivity contribution in [1.29, 1.82) is 0 Å². The van der Waals surface area contributed by atoms with Gasteiger partial charge in [0.15, 0.2) is 0 Å². The van der Waals surface area contributed by atoms with Crippen molar-refractivity contribution < 1.29 is 13.0 Å². The van der Waals surface area contributed by atoms with E-state index in [1.165, 1.54) is 50.2 Å². The summed E-state index contributed by atoms with van der Waals surface area (Å²) in [7, 11) is -3.66. The number of hydrogen-bond donors (Lipinski definition) is 0. The molecule has 4 nitrogen and oxygen atoms in total. The summed E-state index contributed by atoms with van der Waals surface area (Å²) in [6.07, 6.45) is 14.6. The zero-order valence-corrected chi connectivity index (χ0v) is 26.9. The lowest BCUT2D eigenvalue weighted by Gasteiger charge is -2.36. The van der Waals surface area contributed by atoms with Crippen LogP contribution in [0, 0.1) is 12.8 Å². The van der Waals surface area contributed by atoms with E-state index in [1.54, 1.807) is 18.2 Å². The van der Waals surface area contributed by atoms with E-state index < -0.39 is 9.84 Å². The van der Waals surface area contributed by atoms with Crippen molar-refractivity contribution in [2.75, 3.05) is 11.4 Å². The van der Waals surface area contributed by atoms with Crippen molar-refractivity contribution >= 4 is 54.5 Å². The number of hydrogen-bond acceptors (Lipinski definition) is 3. The summed E-state index contributed by atoms with van der Waals surface area (Å²) >= 11 is 0. The molecule has 0 spiro atoms. The molecule has 3 aliphatic rings. The first-order chi connectivity index (χ1) is 21.9. The van der Waals surface area contributed by atoms with Crippen LogP contribution in [0.2, 0.25) is 0 Å². The molecule has 5 heteroatoms. The Balaban J connectivity index is 1.48. The largest absolute Gasteiger partial charge is 0.340 e. The first kappa shape index (κ1) is 28.0. The third kappa shape index (κ3) is 4.17. The SMILES string of the molecule is CCCN1c2ccc3cc(S(=O)(=O)c4ccc(C)cc4)ccc3c2-c2c3c([n+](CCC)c4cccc1c24)C=C[C@H]1CC=CC=C31. The highest BCUT2D eigenvalue weighted by Crippen LogP contribution is 2.54. The van der Waals surface area contributed by atoms with Crippen LogP contribution in [0.4, 0.5) is 11.4 Å². The number of benzene rings is 4. The fourth-order valence-electron chi connectivity index (χ4n) is 7.64. The van der Waals surface area contributed by atoms with Crippen molar-refractivity contribution in [1.82, 2.24) is 0 Å². The van der Waals surface area contributed by atoms with Crippen LogP contribution < -0.4 is 9.47 Å². The fraction of sp³-hybridized carbons (Fsp3) is 0.225. The summed E-state index contributed by atoms with van der Waals surface area (Å²) in [5.41, 5.74) is 11.2. The van der Waals surface area contributed by atoms with Crippen molar-refractivity contribution in [3.05, 3.63) is 114 Å². The Morgan fingerprint density at radius 1 is 0.867 bits per heavy atom. The zero-order chi connectivity index (χ0) is 30.9. The van der Waals surface area contributed by atoms with Crippen molar-refractivity contribution in [3.63, 3.8) is 0 Å². The fourth-order valence-corrected chi connectivity index (χ4v) is 8.93. The van der Waals surface area contributed by atoms with E-state index in [4.69, 9.17) is 0 Å². The molecule has 224 valence electrons. The first-order valence-electron chi connectivity index (χ1n) is 16.2. The molecule has 2 aliphatic carbocycles.